The van der Waals surface area contributed by atoms with Gasteiger partial charge in [0.15, 0.2) is 0 Å². The Bertz CT molecular complexity index is 737. The summed E-state index contributed by atoms with van der Waals surface area (Å²) in [6.07, 6.45) is 4.83. The van der Waals surface area contributed by atoms with Crippen molar-refractivity contribution in [2.75, 3.05) is 6.61 Å². The second kappa shape index (κ2) is 8.38. The molecule has 3 rings (SSSR count). The average molecular weight is 338 g/mol. The Morgan fingerprint density at radius 1 is 1.24 bits per heavy atom. The van der Waals surface area contributed by atoms with Crippen LogP contribution in [-0.4, -0.2) is 18.7 Å². The Labute approximate surface area is 148 Å². The Kier molecular flexibility index (Phi) is 5.73. The molecule has 25 heavy (non-hydrogen) atoms. The van der Waals surface area contributed by atoms with Crippen LogP contribution in [0.25, 0.3) is 0 Å². The molecular formula is C21H22O4. The number of fused-ring (bicyclic) bond motifs is 1. The van der Waals surface area contributed by atoms with E-state index in [4.69, 9.17) is 14.2 Å². The van der Waals surface area contributed by atoms with Gasteiger partial charge in [0.2, 0.25) is 0 Å². The number of aryl methyl sites for hydroxylation is 1. The molecule has 0 saturated heterocycles. The van der Waals surface area contributed by atoms with Gasteiger partial charge in [-0.15, -0.1) is 0 Å². The summed E-state index contributed by atoms with van der Waals surface area (Å²) >= 11 is 0. The largest absolute Gasteiger partial charge is 0.489 e. The molecule has 4 heteroatoms. The molecule has 0 bridgehead atoms. The van der Waals surface area contributed by atoms with Crippen LogP contribution in [0.1, 0.15) is 24.5 Å². The van der Waals surface area contributed by atoms with Gasteiger partial charge in [-0.25, -0.2) is 4.79 Å². The minimum Gasteiger partial charge on any atom is -0.489 e. The van der Waals surface area contributed by atoms with Crippen LogP contribution in [0.5, 0.6) is 11.5 Å². The lowest BCUT2D eigenvalue weighted by Gasteiger charge is -2.24. The first-order chi connectivity index (χ1) is 12.2. The monoisotopic (exact) mass is 338 g/mol. The van der Waals surface area contributed by atoms with Gasteiger partial charge in [0, 0.05) is 12.1 Å². The SMILES string of the molecule is CCOC(=O)C=CC1CCc2ccc(OCc3ccccc3)cc2O1. The maximum atomic E-state index is 11.4. The fourth-order valence-electron chi connectivity index (χ4n) is 2.71. The smallest absolute Gasteiger partial charge is 0.330 e. The first-order valence-corrected chi connectivity index (χ1v) is 8.56. The number of hydrogen-bond acceptors (Lipinski definition) is 4. The molecule has 0 radical (unpaired) electrons. The summed E-state index contributed by atoms with van der Waals surface area (Å²) in [4.78, 5) is 11.4. The molecule has 2 aromatic carbocycles. The van der Waals surface area contributed by atoms with Crippen molar-refractivity contribution >= 4 is 5.97 Å². The average Bonchev–Trinajstić information content (AvgIpc) is 2.65. The first-order valence-electron chi connectivity index (χ1n) is 8.56. The maximum Gasteiger partial charge on any atom is 0.330 e. The van der Waals surface area contributed by atoms with Crippen molar-refractivity contribution in [3.05, 3.63) is 71.8 Å². The highest BCUT2D eigenvalue weighted by Gasteiger charge is 2.18. The van der Waals surface area contributed by atoms with E-state index in [2.05, 4.69) is 0 Å². The standard InChI is InChI=1S/C21H22O4/c1-2-23-21(22)13-12-18-10-8-17-9-11-19(14-20(17)25-18)24-15-16-6-4-3-5-7-16/h3-7,9,11-14,18H,2,8,10,15H2,1H3. The second-order valence-electron chi connectivity index (χ2n) is 5.85. The molecule has 130 valence electrons. The molecule has 1 atom stereocenters. The van der Waals surface area contributed by atoms with Gasteiger partial charge in [0.25, 0.3) is 0 Å². The van der Waals surface area contributed by atoms with Crippen LogP contribution >= 0.6 is 0 Å². The third kappa shape index (κ3) is 4.86. The van der Waals surface area contributed by atoms with E-state index in [0.717, 1.165) is 35.5 Å². The van der Waals surface area contributed by atoms with Crippen molar-refractivity contribution in [3.8, 4) is 11.5 Å². The molecule has 1 unspecified atom stereocenters. The van der Waals surface area contributed by atoms with Gasteiger partial charge < -0.3 is 14.2 Å². The van der Waals surface area contributed by atoms with E-state index in [1.165, 1.54) is 6.08 Å². The molecule has 0 fully saturated rings. The number of esters is 1. The lowest BCUT2D eigenvalue weighted by Crippen LogP contribution is -2.20. The minimum absolute atomic E-state index is 0.124. The molecule has 0 aliphatic carbocycles. The van der Waals surface area contributed by atoms with Crippen LogP contribution in [0.4, 0.5) is 0 Å². The molecule has 0 saturated carbocycles. The summed E-state index contributed by atoms with van der Waals surface area (Å²) in [6.45, 7) is 2.68. The van der Waals surface area contributed by atoms with Crippen LogP contribution in [0.2, 0.25) is 0 Å². The molecule has 0 N–H and O–H groups in total. The molecular weight excluding hydrogens is 316 g/mol. The normalized spacial score (nSPS) is 16.1. The quantitative estimate of drug-likeness (QED) is 0.588. The Morgan fingerprint density at radius 2 is 2.08 bits per heavy atom. The topological polar surface area (TPSA) is 44.8 Å². The molecule has 0 spiro atoms. The Balaban J connectivity index is 1.62. The summed E-state index contributed by atoms with van der Waals surface area (Å²) < 4.78 is 16.7. The minimum atomic E-state index is -0.336. The third-order valence-corrected chi connectivity index (χ3v) is 4.00. The summed E-state index contributed by atoms with van der Waals surface area (Å²) in [7, 11) is 0. The number of benzene rings is 2. The zero-order valence-electron chi connectivity index (χ0n) is 14.3. The van der Waals surface area contributed by atoms with Gasteiger partial charge in [-0.1, -0.05) is 36.4 Å². The predicted molar refractivity (Wildman–Crippen MR) is 95.7 cm³/mol. The summed E-state index contributed by atoms with van der Waals surface area (Å²) in [5, 5.41) is 0. The van der Waals surface area contributed by atoms with Crippen LogP contribution in [-0.2, 0) is 22.6 Å². The molecule has 0 amide bonds. The Hall–Kier alpha value is -2.75. The lowest BCUT2D eigenvalue weighted by atomic mass is 10.0. The molecule has 4 nitrogen and oxygen atoms in total. The number of rotatable bonds is 6. The molecule has 1 aliphatic rings. The van der Waals surface area contributed by atoms with Gasteiger partial charge in [-0.3, -0.25) is 0 Å². The fraction of sp³-hybridized carbons (Fsp3) is 0.286. The summed E-state index contributed by atoms with van der Waals surface area (Å²) in [5.41, 5.74) is 2.28. The zero-order chi connectivity index (χ0) is 17.5. The van der Waals surface area contributed by atoms with Gasteiger partial charge >= 0.3 is 5.97 Å². The van der Waals surface area contributed by atoms with Crippen LogP contribution in [0.15, 0.2) is 60.7 Å². The van der Waals surface area contributed by atoms with E-state index in [9.17, 15) is 4.79 Å². The van der Waals surface area contributed by atoms with Crippen LogP contribution in [0, 0.1) is 0 Å². The Morgan fingerprint density at radius 3 is 2.88 bits per heavy atom. The van der Waals surface area contributed by atoms with Crippen molar-refractivity contribution in [3.63, 3.8) is 0 Å². The van der Waals surface area contributed by atoms with Crippen LogP contribution < -0.4 is 9.47 Å². The molecule has 0 aromatic heterocycles. The van der Waals surface area contributed by atoms with E-state index in [0.29, 0.717) is 13.2 Å². The first kappa shape index (κ1) is 17.1. The van der Waals surface area contributed by atoms with E-state index < -0.39 is 0 Å². The van der Waals surface area contributed by atoms with Gasteiger partial charge in [-0.2, -0.15) is 0 Å². The predicted octanol–water partition coefficient (Wildman–Crippen LogP) is 4.08. The number of ether oxygens (including phenoxy) is 3. The van der Waals surface area contributed by atoms with Crippen molar-refractivity contribution in [1.29, 1.82) is 0 Å². The highest BCUT2D eigenvalue weighted by atomic mass is 16.5. The van der Waals surface area contributed by atoms with E-state index in [1.807, 2.05) is 48.5 Å². The van der Waals surface area contributed by atoms with Crippen molar-refractivity contribution in [2.45, 2.75) is 32.5 Å². The van der Waals surface area contributed by atoms with Gasteiger partial charge in [-0.05, 0) is 43.0 Å². The van der Waals surface area contributed by atoms with Gasteiger partial charge in [0.05, 0.1) is 6.61 Å². The van der Waals surface area contributed by atoms with E-state index in [1.54, 1.807) is 13.0 Å². The number of hydrogen-bond donors (Lipinski definition) is 0. The van der Waals surface area contributed by atoms with Gasteiger partial charge in [0.1, 0.15) is 24.2 Å². The summed E-state index contributed by atoms with van der Waals surface area (Å²) in [6, 6.07) is 16.0. The van der Waals surface area contributed by atoms with E-state index in [-0.39, 0.29) is 12.1 Å². The van der Waals surface area contributed by atoms with Crippen molar-refractivity contribution in [1.82, 2.24) is 0 Å². The molecule has 1 aliphatic heterocycles. The second-order valence-corrected chi connectivity index (χ2v) is 5.85. The molecule has 2 aromatic rings. The number of carbonyl (C=O) groups excluding carboxylic acids is 1. The lowest BCUT2D eigenvalue weighted by molar-refractivity contribution is -0.137. The van der Waals surface area contributed by atoms with Crippen molar-refractivity contribution in [2.24, 2.45) is 0 Å². The van der Waals surface area contributed by atoms with Crippen LogP contribution in [0.3, 0.4) is 0 Å². The fourth-order valence-corrected chi connectivity index (χ4v) is 2.71. The highest BCUT2D eigenvalue weighted by Crippen LogP contribution is 2.32. The summed E-state index contributed by atoms with van der Waals surface area (Å²) in [5.74, 6) is 1.25. The maximum absolute atomic E-state index is 11.4. The number of carbonyl (C=O) groups is 1. The highest BCUT2D eigenvalue weighted by molar-refractivity contribution is 5.81. The van der Waals surface area contributed by atoms with E-state index >= 15 is 0 Å². The molecule has 1 heterocycles. The van der Waals surface area contributed by atoms with Crippen molar-refractivity contribution < 1.29 is 19.0 Å². The third-order valence-electron chi connectivity index (χ3n) is 4.00. The zero-order valence-corrected chi connectivity index (χ0v) is 14.3.